The summed E-state index contributed by atoms with van der Waals surface area (Å²) in [5.74, 6) is -2.79. The summed E-state index contributed by atoms with van der Waals surface area (Å²) in [7, 11) is 1.24. The number of aromatic nitrogens is 3. The second kappa shape index (κ2) is 9.79. The standard InChI is InChI=1S/C25H25ClN4O5/c1-14-18(15(2)28-20(14)25(34)35-3)22(31)19-21(16-5-7-17(26)8-6-16)30(24(33)23(19)32)11-4-10-29-12-9-27-13-29/h5-9,12-13,21H,4,10-11H2,1-3H3,(H2,28,31,32,34). The number of nitrogens with one attached hydrogen (secondary N) is 2. The predicted molar refractivity (Wildman–Crippen MR) is 125 cm³/mol. The van der Waals surface area contributed by atoms with Gasteiger partial charge in [0.05, 0.1) is 19.7 Å². The Kier molecular flexibility index (Phi) is 6.79. The first-order valence-corrected chi connectivity index (χ1v) is 11.4. The normalized spacial score (nSPS) is 17.3. The first-order valence-electron chi connectivity index (χ1n) is 11.1. The number of aromatic amines is 2. The number of ketones is 1. The molecule has 1 saturated heterocycles. The summed E-state index contributed by atoms with van der Waals surface area (Å²) in [6.07, 6.45) is 6.02. The number of nitrogens with zero attached hydrogens (tertiary/aromatic N) is 2. The monoisotopic (exact) mass is 496 g/mol. The topological polar surface area (TPSA) is 122 Å². The predicted octanol–water partition coefficient (Wildman–Crippen LogP) is 2.00. The van der Waals surface area contributed by atoms with Gasteiger partial charge in [0.25, 0.3) is 5.91 Å². The van der Waals surface area contributed by atoms with Crippen molar-refractivity contribution in [3.05, 3.63) is 81.7 Å². The molecule has 1 aromatic carbocycles. The number of rotatable bonds is 7. The largest absolute Gasteiger partial charge is 0.872 e. The number of imidazole rings is 1. The zero-order chi connectivity index (χ0) is 25.3. The highest BCUT2D eigenvalue weighted by Gasteiger charge is 2.44. The number of aryl methyl sites for hydroxylation is 2. The second-order valence-electron chi connectivity index (χ2n) is 8.34. The van der Waals surface area contributed by atoms with Crippen LogP contribution in [-0.4, -0.2) is 46.2 Å². The molecule has 1 atom stereocenters. The number of carbonyl (C=O) groups is 3. The Morgan fingerprint density at radius 1 is 1.23 bits per heavy atom. The molecule has 10 heteroatoms. The molecule has 2 aromatic heterocycles. The quantitative estimate of drug-likeness (QED) is 0.170. The van der Waals surface area contributed by atoms with E-state index in [-0.39, 0.29) is 23.4 Å². The molecule has 0 bridgehead atoms. The van der Waals surface area contributed by atoms with E-state index in [2.05, 4.69) is 9.97 Å². The number of amides is 1. The van der Waals surface area contributed by atoms with Gasteiger partial charge in [-0.3, -0.25) is 14.6 Å². The lowest BCUT2D eigenvalue weighted by molar-refractivity contribution is -0.695. The molecule has 9 nitrogen and oxygen atoms in total. The minimum atomic E-state index is -0.869. The van der Waals surface area contributed by atoms with Gasteiger partial charge in [-0.05, 0) is 42.7 Å². The van der Waals surface area contributed by atoms with Crippen molar-refractivity contribution in [2.75, 3.05) is 13.7 Å². The Balaban J connectivity index is 1.79. The van der Waals surface area contributed by atoms with Crippen LogP contribution in [0, 0.1) is 13.8 Å². The van der Waals surface area contributed by atoms with Gasteiger partial charge < -0.3 is 19.7 Å². The van der Waals surface area contributed by atoms with Gasteiger partial charge in [-0.25, -0.2) is 9.36 Å². The fourth-order valence-electron chi connectivity index (χ4n) is 4.51. The van der Waals surface area contributed by atoms with E-state index in [0.29, 0.717) is 34.8 Å². The number of likely N-dealkylation sites (tertiary alicyclic amines) is 1. The highest BCUT2D eigenvalue weighted by atomic mass is 35.5. The summed E-state index contributed by atoms with van der Waals surface area (Å²) in [6.45, 7) is 4.13. The van der Waals surface area contributed by atoms with E-state index in [1.165, 1.54) is 12.0 Å². The average molecular weight is 497 g/mol. The summed E-state index contributed by atoms with van der Waals surface area (Å²) in [6, 6.07) is 5.85. The molecule has 1 aliphatic heterocycles. The highest BCUT2D eigenvalue weighted by Crippen LogP contribution is 2.40. The van der Waals surface area contributed by atoms with Crippen LogP contribution < -0.4 is 9.67 Å². The molecule has 182 valence electrons. The molecular formula is C25H25ClN4O5. The molecule has 35 heavy (non-hydrogen) atoms. The first kappa shape index (κ1) is 24.3. The lowest BCUT2D eigenvalue weighted by Gasteiger charge is -2.27. The van der Waals surface area contributed by atoms with Crippen molar-refractivity contribution in [3.8, 4) is 0 Å². The molecular weight excluding hydrogens is 472 g/mol. The molecule has 3 heterocycles. The number of halogens is 1. The fourth-order valence-corrected chi connectivity index (χ4v) is 4.63. The van der Waals surface area contributed by atoms with Crippen molar-refractivity contribution < 1.29 is 28.8 Å². The number of Topliss-reactive ketones (excluding diaryl/α,β-unsaturated/α-hetero) is 1. The third kappa shape index (κ3) is 4.46. The first-order chi connectivity index (χ1) is 16.7. The van der Waals surface area contributed by atoms with E-state index in [9.17, 15) is 19.5 Å². The number of H-pyrrole nitrogens is 2. The summed E-state index contributed by atoms with van der Waals surface area (Å²) >= 11 is 6.06. The molecule has 0 aliphatic carbocycles. The highest BCUT2D eigenvalue weighted by molar-refractivity contribution is 6.46. The molecule has 0 radical (unpaired) electrons. The van der Waals surface area contributed by atoms with Crippen molar-refractivity contribution in [1.29, 1.82) is 0 Å². The molecule has 2 N–H and O–H groups in total. The van der Waals surface area contributed by atoms with Crippen molar-refractivity contribution in [3.63, 3.8) is 0 Å². The molecule has 1 aliphatic rings. The lowest BCUT2D eigenvalue weighted by atomic mass is 9.94. The van der Waals surface area contributed by atoms with E-state index < -0.39 is 29.5 Å². The summed E-state index contributed by atoms with van der Waals surface area (Å²) in [5, 5.41) is 14.3. The van der Waals surface area contributed by atoms with Crippen molar-refractivity contribution >= 4 is 35.0 Å². The Hall–Kier alpha value is -3.85. The second-order valence-corrected chi connectivity index (χ2v) is 8.78. The average Bonchev–Trinajstić information content (AvgIpc) is 3.52. The molecule has 3 aromatic rings. The van der Waals surface area contributed by atoms with Gasteiger partial charge in [-0.1, -0.05) is 29.5 Å². The maximum Gasteiger partial charge on any atom is 0.354 e. The third-order valence-electron chi connectivity index (χ3n) is 6.19. The maximum atomic E-state index is 13.8. The molecule has 0 saturated carbocycles. The number of methoxy groups -OCH3 is 1. The summed E-state index contributed by atoms with van der Waals surface area (Å²) in [4.78, 5) is 45.7. The molecule has 1 unspecified atom stereocenters. The van der Waals surface area contributed by atoms with E-state index in [0.717, 1.165) is 0 Å². The van der Waals surface area contributed by atoms with Crippen LogP contribution in [0.2, 0.25) is 5.02 Å². The van der Waals surface area contributed by atoms with Gasteiger partial charge in [-0.15, -0.1) is 0 Å². The Labute approximate surface area is 207 Å². The van der Waals surface area contributed by atoms with Gasteiger partial charge in [-0.2, -0.15) is 0 Å². The molecule has 1 fully saturated rings. The SMILES string of the molecule is COC(=O)c1[nH]c(C)c(/C([O-])=C2\C(=O)C(=O)N(CCC[n+]3cc[nH]c3)C2c2ccc(Cl)cc2)c1C. The van der Waals surface area contributed by atoms with Crippen LogP contribution in [0.4, 0.5) is 0 Å². The number of hydrogen-bond donors (Lipinski definition) is 2. The Morgan fingerprint density at radius 2 is 1.94 bits per heavy atom. The van der Waals surface area contributed by atoms with Gasteiger partial charge >= 0.3 is 5.97 Å². The maximum absolute atomic E-state index is 13.8. The van der Waals surface area contributed by atoms with Crippen LogP contribution in [0.3, 0.4) is 0 Å². The lowest BCUT2D eigenvalue weighted by Crippen LogP contribution is -2.36. The molecule has 1 amide bonds. The van der Waals surface area contributed by atoms with E-state index in [1.807, 2.05) is 10.8 Å². The van der Waals surface area contributed by atoms with Crippen LogP contribution in [0.25, 0.3) is 5.76 Å². The van der Waals surface area contributed by atoms with Crippen LogP contribution in [-0.2, 0) is 20.9 Å². The number of esters is 1. The van der Waals surface area contributed by atoms with Gasteiger partial charge in [0.2, 0.25) is 12.1 Å². The van der Waals surface area contributed by atoms with E-state index >= 15 is 0 Å². The number of carbonyl (C=O) groups excluding carboxylic acids is 3. The third-order valence-corrected chi connectivity index (χ3v) is 6.44. The smallest absolute Gasteiger partial charge is 0.354 e. The van der Waals surface area contributed by atoms with Crippen LogP contribution in [0.15, 0.2) is 48.6 Å². The summed E-state index contributed by atoms with van der Waals surface area (Å²) < 4.78 is 6.72. The molecule has 4 rings (SSSR count). The van der Waals surface area contributed by atoms with Crippen molar-refractivity contribution in [2.45, 2.75) is 32.9 Å². The van der Waals surface area contributed by atoms with Crippen molar-refractivity contribution in [1.82, 2.24) is 14.9 Å². The zero-order valence-corrected chi connectivity index (χ0v) is 20.3. The van der Waals surface area contributed by atoms with E-state index in [4.69, 9.17) is 16.3 Å². The summed E-state index contributed by atoms with van der Waals surface area (Å²) in [5.41, 5.74) is 1.56. The van der Waals surface area contributed by atoms with Gasteiger partial charge in [0.1, 0.15) is 18.1 Å². The zero-order valence-electron chi connectivity index (χ0n) is 19.6. The van der Waals surface area contributed by atoms with Gasteiger partial charge in [0, 0.05) is 29.3 Å². The molecule has 0 spiro atoms. The van der Waals surface area contributed by atoms with Crippen LogP contribution in [0.1, 0.15) is 45.3 Å². The number of ether oxygens (including phenoxy) is 1. The van der Waals surface area contributed by atoms with Crippen LogP contribution in [0.5, 0.6) is 0 Å². The minimum absolute atomic E-state index is 0.133. The Bertz CT molecular complexity index is 1310. The fraction of sp³-hybridized carbons (Fsp3) is 0.280. The van der Waals surface area contributed by atoms with E-state index in [1.54, 1.807) is 50.6 Å². The van der Waals surface area contributed by atoms with Crippen LogP contribution >= 0.6 is 11.6 Å². The van der Waals surface area contributed by atoms with Crippen molar-refractivity contribution in [2.24, 2.45) is 0 Å². The van der Waals surface area contributed by atoms with Gasteiger partial charge in [0.15, 0.2) is 0 Å². The minimum Gasteiger partial charge on any atom is -0.872 e. The number of benzene rings is 1. The Morgan fingerprint density at radius 3 is 2.57 bits per heavy atom. The number of hydrogen-bond acceptors (Lipinski definition) is 5.